The van der Waals surface area contributed by atoms with Gasteiger partial charge in [0.05, 0.1) is 12.6 Å². The monoisotopic (exact) mass is 272 g/mol. The number of nitrogens with zero attached hydrogens (tertiary/aromatic N) is 1. The van der Waals surface area contributed by atoms with Gasteiger partial charge in [0.15, 0.2) is 0 Å². The van der Waals surface area contributed by atoms with Crippen molar-refractivity contribution in [1.82, 2.24) is 9.88 Å². The highest BCUT2D eigenvalue weighted by Crippen LogP contribution is 2.15. The molecule has 0 fully saturated rings. The average Bonchev–Trinajstić information content (AvgIpc) is 2.95. The highest BCUT2D eigenvalue weighted by Gasteiger charge is 2.17. The summed E-state index contributed by atoms with van der Waals surface area (Å²) in [6.45, 7) is 3.92. The second kappa shape index (κ2) is 6.39. The summed E-state index contributed by atoms with van der Waals surface area (Å²) in [5.41, 5.74) is 1.50. The lowest BCUT2D eigenvalue weighted by atomic mass is 10.1. The van der Waals surface area contributed by atoms with Crippen LogP contribution in [0.3, 0.4) is 0 Å². The van der Waals surface area contributed by atoms with E-state index in [1.807, 2.05) is 61.0 Å². The fraction of sp³-hybridized carbons (Fsp3) is 0.312. The maximum atomic E-state index is 12.3. The van der Waals surface area contributed by atoms with Crippen LogP contribution in [0.4, 0.5) is 0 Å². The van der Waals surface area contributed by atoms with Crippen molar-refractivity contribution in [2.75, 3.05) is 6.61 Å². The van der Waals surface area contributed by atoms with Crippen molar-refractivity contribution in [2.45, 2.75) is 25.9 Å². The summed E-state index contributed by atoms with van der Waals surface area (Å²) < 4.78 is 1.91. The van der Waals surface area contributed by atoms with Gasteiger partial charge < -0.3 is 15.0 Å². The van der Waals surface area contributed by atoms with Gasteiger partial charge in [-0.05, 0) is 31.5 Å². The van der Waals surface area contributed by atoms with Gasteiger partial charge in [0.1, 0.15) is 5.69 Å². The Hall–Kier alpha value is -2.07. The van der Waals surface area contributed by atoms with Crippen molar-refractivity contribution in [3.63, 3.8) is 0 Å². The molecule has 1 amide bonds. The molecule has 1 heterocycles. The van der Waals surface area contributed by atoms with Gasteiger partial charge in [-0.25, -0.2) is 0 Å². The first-order valence-corrected chi connectivity index (χ1v) is 6.77. The molecule has 0 aliphatic carbocycles. The maximum Gasteiger partial charge on any atom is 0.268 e. The molecule has 2 N–H and O–H groups in total. The van der Waals surface area contributed by atoms with E-state index < -0.39 is 0 Å². The van der Waals surface area contributed by atoms with Crippen molar-refractivity contribution >= 4 is 5.91 Å². The van der Waals surface area contributed by atoms with E-state index in [4.69, 9.17) is 0 Å². The molecule has 1 aromatic carbocycles. The molecule has 0 aliphatic rings. The second-order valence-electron chi connectivity index (χ2n) is 5.01. The Morgan fingerprint density at radius 1 is 1.20 bits per heavy atom. The molecular weight excluding hydrogens is 252 g/mol. The van der Waals surface area contributed by atoms with Crippen molar-refractivity contribution in [3.8, 4) is 0 Å². The summed E-state index contributed by atoms with van der Waals surface area (Å²) in [5, 5.41) is 12.4. The van der Waals surface area contributed by atoms with Gasteiger partial charge in [0.2, 0.25) is 0 Å². The van der Waals surface area contributed by atoms with E-state index in [0.29, 0.717) is 5.69 Å². The minimum atomic E-state index is -0.390. The number of amides is 1. The molecule has 0 saturated carbocycles. The quantitative estimate of drug-likeness (QED) is 0.878. The predicted molar refractivity (Wildman–Crippen MR) is 78.6 cm³/mol. The minimum Gasteiger partial charge on any atom is -0.394 e. The molecule has 0 radical (unpaired) electrons. The highest BCUT2D eigenvalue weighted by atomic mass is 16.3. The summed E-state index contributed by atoms with van der Waals surface area (Å²) in [6, 6.07) is 12.9. The third-order valence-corrected chi connectivity index (χ3v) is 3.26. The van der Waals surface area contributed by atoms with Gasteiger partial charge in [-0.15, -0.1) is 0 Å². The molecule has 1 unspecified atom stereocenters. The fourth-order valence-corrected chi connectivity index (χ4v) is 2.19. The molecule has 20 heavy (non-hydrogen) atoms. The van der Waals surface area contributed by atoms with Gasteiger partial charge >= 0.3 is 0 Å². The second-order valence-corrected chi connectivity index (χ2v) is 5.01. The molecule has 106 valence electrons. The fourth-order valence-electron chi connectivity index (χ4n) is 2.19. The Bertz CT molecular complexity index is 561. The molecular formula is C16H20N2O2. The number of benzene rings is 1. The van der Waals surface area contributed by atoms with Crippen LogP contribution in [0, 0.1) is 0 Å². The first-order valence-electron chi connectivity index (χ1n) is 6.77. The van der Waals surface area contributed by atoms with E-state index in [-0.39, 0.29) is 24.6 Å². The molecule has 0 spiro atoms. The third kappa shape index (κ3) is 3.08. The number of aromatic nitrogens is 1. The van der Waals surface area contributed by atoms with E-state index in [1.165, 1.54) is 0 Å². The Kier molecular flexibility index (Phi) is 4.58. The smallest absolute Gasteiger partial charge is 0.268 e. The number of aliphatic hydroxyl groups excluding tert-OH is 1. The van der Waals surface area contributed by atoms with Gasteiger partial charge in [-0.3, -0.25) is 4.79 Å². The van der Waals surface area contributed by atoms with Crippen molar-refractivity contribution in [3.05, 3.63) is 59.9 Å². The van der Waals surface area contributed by atoms with E-state index in [9.17, 15) is 9.90 Å². The zero-order valence-corrected chi connectivity index (χ0v) is 11.8. The lowest BCUT2D eigenvalue weighted by molar-refractivity contribution is 0.0905. The number of rotatable bonds is 5. The first kappa shape index (κ1) is 14.3. The van der Waals surface area contributed by atoms with Crippen LogP contribution in [0.1, 0.15) is 42.0 Å². The molecule has 4 heteroatoms. The molecule has 1 atom stereocenters. The Morgan fingerprint density at radius 3 is 2.50 bits per heavy atom. The number of nitrogens with one attached hydrogen (secondary N) is 1. The van der Waals surface area contributed by atoms with Crippen LogP contribution in [-0.4, -0.2) is 22.2 Å². The average molecular weight is 272 g/mol. The van der Waals surface area contributed by atoms with E-state index in [2.05, 4.69) is 5.32 Å². The number of aliphatic hydroxyl groups is 1. The molecule has 4 nitrogen and oxygen atoms in total. The molecule has 2 rings (SSSR count). The molecule has 1 aromatic heterocycles. The largest absolute Gasteiger partial charge is 0.394 e. The topological polar surface area (TPSA) is 54.3 Å². The van der Waals surface area contributed by atoms with Crippen LogP contribution >= 0.6 is 0 Å². The van der Waals surface area contributed by atoms with Crippen LogP contribution in [-0.2, 0) is 0 Å². The van der Waals surface area contributed by atoms with Crippen molar-refractivity contribution in [1.29, 1.82) is 0 Å². The lowest BCUT2D eigenvalue weighted by Crippen LogP contribution is -2.32. The minimum absolute atomic E-state index is 0.127. The zero-order valence-electron chi connectivity index (χ0n) is 11.8. The van der Waals surface area contributed by atoms with Crippen LogP contribution < -0.4 is 5.32 Å². The standard InChI is InChI=1S/C16H20N2O2/c1-12(2)18-10-6-9-15(18)16(20)17-14(11-19)13-7-4-3-5-8-13/h3-10,12,14,19H,11H2,1-2H3,(H,17,20). The van der Waals surface area contributed by atoms with Crippen LogP contribution in [0.2, 0.25) is 0 Å². The molecule has 0 saturated heterocycles. The van der Waals surface area contributed by atoms with Crippen LogP contribution in [0.5, 0.6) is 0 Å². The van der Waals surface area contributed by atoms with Crippen LogP contribution in [0.25, 0.3) is 0 Å². The first-order chi connectivity index (χ1) is 9.63. The van der Waals surface area contributed by atoms with Gasteiger partial charge in [-0.2, -0.15) is 0 Å². The molecule has 0 aliphatic heterocycles. The number of carbonyl (C=O) groups excluding carboxylic acids is 1. The van der Waals surface area contributed by atoms with Crippen LogP contribution in [0.15, 0.2) is 48.7 Å². The molecule has 2 aromatic rings. The summed E-state index contributed by atoms with van der Waals surface area (Å²) in [4.78, 5) is 12.3. The number of carbonyl (C=O) groups is 1. The molecule has 0 bridgehead atoms. The number of hydrogen-bond acceptors (Lipinski definition) is 2. The van der Waals surface area contributed by atoms with E-state index in [0.717, 1.165) is 5.56 Å². The van der Waals surface area contributed by atoms with Crippen molar-refractivity contribution < 1.29 is 9.90 Å². The highest BCUT2D eigenvalue weighted by molar-refractivity contribution is 5.93. The summed E-state index contributed by atoms with van der Waals surface area (Å²) in [5.74, 6) is -0.174. The van der Waals surface area contributed by atoms with Gasteiger partial charge in [0, 0.05) is 12.2 Å². The predicted octanol–water partition coefficient (Wildman–Crippen LogP) is 2.53. The lowest BCUT2D eigenvalue weighted by Gasteiger charge is -2.18. The Morgan fingerprint density at radius 2 is 1.90 bits per heavy atom. The van der Waals surface area contributed by atoms with E-state index in [1.54, 1.807) is 6.07 Å². The zero-order chi connectivity index (χ0) is 14.5. The summed E-state index contributed by atoms with van der Waals surface area (Å²) >= 11 is 0. The normalized spacial score (nSPS) is 12.4. The summed E-state index contributed by atoms with van der Waals surface area (Å²) in [6.07, 6.45) is 1.88. The SMILES string of the molecule is CC(C)n1cccc1C(=O)NC(CO)c1ccccc1. The van der Waals surface area contributed by atoms with Gasteiger partial charge in [0.25, 0.3) is 5.91 Å². The van der Waals surface area contributed by atoms with E-state index >= 15 is 0 Å². The van der Waals surface area contributed by atoms with Crippen molar-refractivity contribution in [2.24, 2.45) is 0 Å². The third-order valence-electron chi connectivity index (χ3n) is 3.26. The summed E-state index contributed by atoms with van der Waals surface area (Å²) in [7, 11) is 0. The number of hydrogen-bond donors (Lipinski definition) is 2. The maximum absolute atomic E-state index is 12.3. The van der Waals surface area contributed by atoms with Gasteiger partial charge in [-0.1, -0.05) is 30.3 Å². The Labute approximate surface area is 119 Å². The Balaban J connectivity index is 2.16.